The molecule has 2 aliphatic rings. The summed E-state index contributed by atoms with van der Waals surface area (Å²) >= 11 is 0. The van der Waals surface area contributed by atoms with E-state index in [1.807, 2.05) is 0 Å². The molecule has 0 amide bonds. The summed E-state index contributed by atoms with van der Waals surface area (Å²) in [5, 5.41) is 72.2. The maximum Gasteiger partial charge on any atom is 0.306 e. The second-order valence-electron chi connectivity index (χ2n) is 20.5. The van der Waals surface area contributed by atoms with Crippen molar-refractivity contribution >= 4 is 11.9 Å². The third-order valence-corrected chi connectivity index (χ3v) is 13.8. The molecule has 0 bridgehead atoms. The highest BCUT2D eigenvalue weighted by molar-refractivity contribution is 5.70. The minimum atomic E-state index is -1.77. The lowest BCUT2D eigenvalue weighted by atomic mass is 9.98. The molecule has 2 fully saturated rings. The van der Waals surface area contributed by atoms with Gasteiger partial charge in [-0.05, 0) is 57.8 Å². The van der Waals surface area contributed by atoms with Gasteiger partial charge in [-0.15, -0.1) is 0 Å². The number of ether oxygens (including phenoxy) is 6. The molecule has 0 spiro atoms. The van der Waals surface area contributed by atoms with E-state index in [1.54, 1.807) is 0 Å². The van der Waals surface area contributed by atoms with Crippen molar-refractivity contribution in [1.29, 1.82) is 0 Å². The number of hydrogen-bond donors (Lipinski definition) is 7. The number of esters is 2. The van der Waals surface area contributed by atoms with Gasteiger partial charge in [0.15, 0.2) is 18.7 Å². The normalized spacial score (nSPS) is 25.1. The number of hydrogen-bond acceptors (Lipinski definition) is 15. The molecule has 0 radical (unpaired) electrons. The average Bonchev–Trinajstić information content (AvgIpc) is 3.38. The molecule has 0 aromatic carbocycles. The van der Waals surface area contributed by atoms with E-state index in [0.717, 1.165) is 57.8 Å². The Labute approximate surface area is 440 Å². The Bertz CT molecular complexity index is 1410. The third-order valence-electron chi connectivity index (χ3n) is 13.8. The van der Waals surface area contributed by atoms with Crippen molar-refractivity contribution in [1.82, 2.24) is 0 Å². The van der Waals surface area contributed by atoms with Gasteiger partial charge in [0.25, 0.3) is 0 Å². The predicted octanol–water partition coefficient (Wildman–Crippen LogP) is 9.66. The molecule has 2 heterocycles. The molecule has 2 saturated heterocycles. The summed E-state index contributed by atoms with van der Waals surface area (Å²) in [7, 11) is 0. The summed E-state index contributed by atoms with van der Waals surface area (Å²) < 4.78 is 33.6. The van der Waals surface area contributed by atoms with Crippen LogP contribution in [0, 0.1) is 0 Å². The van der Waals surface area contributed by atoms with Crippen molar-refractivity contribution in [3.63, 3.8) is 0 Å². The lowest BCUT2D eigenvalue weighted by Gasteiger charge is -2.42. The zero-order chi connectivity index (χ0) is 53.2. The first-order valence-electron chi connectivity index (χ1n) is 29.1. The zero-order valence-electron chi connectivity index (χ0n) is 45.4. The summed E-state index contributed by atoms with van der Waals surface area (Å²) in [6.45, 7) is 2.54. The Hall–Kier alpha value is -2.28. The van der Waals surface area contributed by atoms with Gasteiger partial charge < -0.3 is 64.2 Å². The zero-order valence-corrected chi connectivity index (χ0v) is 45.4. The van der Waals surface area contributed by atoms with E-state index < -0.39 is 99.3 Å². The molecule has 73 heavy (non-hydrogen) atoms. The van der Waals surface area contributed by atoms with Crippen molar-refractivity contribution in [2.24, 2.45) is 0 Å². The number of aliphatic hydroxyl groups is 7. The fourth-order valence-electron chi connectivity index (χ4n) is 9.06. The van der Waals surface area contributed by atoms with Crippen LogP contribution in [0.15, 0.2) is 36.5 Å². The fourth-order valence-corrected chi connectivity index (χ4v) is 9.06. The summed E-state index contributed by atoms with van der Waals surface area (Å²) in [5.41, 5.74) is 0. The molecule has 15 heteroatoms. The summed E-state index contributed by atoms with van der Waals surface area (Å²) in [4.78, 5) is 25.8. The maximum absolute atomic E-state index is 13.0. The van der Waals surface area contributed by atoms with Crippen LogP contribution in [0.4, 0.5) is 0 Å². The van der Waals surface area contributed by atoms with Crippen molar-refractivity contribution in [2.45, 2.75) is 293 Å². The van der Waals surface area contributed by atoms with E-state index in [-0.39, 0.29) is 19.4 Å². The van der Waals surface area contributed by atoms with Crippen LogP contribution in [-0.2, 0) is 38.0 Å². The Morgan fingerprint density at radius 3 is 1.37 bits per heavy atom. The molecule has 2 aliphatic heterocycles. The quantitative estimate of drug-likeness (QED) is 0.0171. The van der Waals surface area contributed by atoms with E-state index in [9.17, 15) is 45.3 Å². The van der Waals surface area contributed by atoms with Gasteiger partial charge in [-0.25, -0.2) is 0 Å². The van der Waals surface area contributed by atoms with Crippen LogP contribution in [-0.4, -0.2) is 142 Å². The van der Waals surface area contributed by atoms with Gasteiger partial charge >= 0.3 is 11.9 Å². The molecular weight excluding hydrogens is 937 g/mol. The lowest BCUT2D eigenvalue weighted by Crippen LogP contribution is -2.61. The Balaban J connectivity index is 1.75. The third kappa shape index (κ3) is 32.2. The van der Waals surface area contributed by atoms with E-state index in [0.29, 0.717) is 19.3 Å². The minimum Gasteiger partial charge on any atom is -0.462 e. The Kier molecular flexibility index (Phi) is 41.0. The molecule has 7 N–H and O–H groups in total. The molecule has 4 unspecified atom stereocenters. The molecule has 2 rings (SSSR count). The molecule has 11 atom stereocenters. The van der Waals surface area contributed by atoms with E-state index in [4.69, 9.17) is 28.4 Å². The van der Waals surface area contributed by atoms with Crippen LogP contribution >= 0.6 is 0 Å². The number of carbonyl (C=O) groups is 2. The van der Waals surface area contributed by atoms with Crippen molar-refractivity contribution < 1.29 is 73.8 Å². The number of carbonyl (C=O) groups excluding carboxylic acids is 2. The largest absolute Gasteiger partial charge is 0.462 e. The maximum atomic E-state index is 13.0. The molecule has 0 aromatic rings. The number of aliphatic hydroxyl groups excluding tert-OH is 7. The standard InChI is InChI=1S/C58H104O15/c1-3-5-7-9-11-13-15-17-19-20-21-22-23-24-25-26-27-29-31-33-35-37-39-41-50(61)71-46(43-68-49(60)40-38-36-34-32-30-28-18-16-14-12-10-8-6-4-2)44-69-57-56(67)54(65)52(63)48(73-57)45-70-58-55(66)53(64)51(62)47(42-59)72-58/h10,12,16,18,33,35,46-48,51-59,62-67H,3-9,11,13-15,17,19-32,34,36-45H2,1-2H3/b12-10+,18-16+,35-33+/t46-,47+,48+,51-,52-,53?,54?,55?,56?,57+,58+/m1/s1. The predicted molar refractivity (Wildman–Crippen MR) is 284 cm³/mol. The average molecular weight is 1040 g/mol. The monoisotopic (exact) mass is 1040 g/mol. The smallest absolute Gasteiger partial charge is 0.306 e. The van der Waals surface area contributed by atoms with Gasteiger partial charge in [-0.1, -0.05) is 192 Å². The van der Waals surface area contributed by atoms with E-state index >= 15 is 0 Å². The second-order valence-corrected chi connectivity index (χ2v) is 20.5. The first kappa shape index (κ1) is 66.8. The summed E-state index contributed by atoms with van der Waals surface area (Å²) in [6.07, 6.45) is 33.3. The molecular formula is C58H104O15. The summed E-state index contributed by atoms with van der Waals surface area (Å²) in [6, 6.07) is 0. The van der Waals surface area contributed by atoms with Crippen LogP contribution in [0.3, 0.4) is 0 Å². The lowest BCUT2D eigenvalue weighted by molar-refractivity contribution is -0.332. The highest BCUT2D eigenvalue weighted by Crippen LogP contribution is 2.27. The van der Waals surface area contributed by atoms with Crippen LogP contribution in [0.1, 0.15) is 226 Å². The van der Waals surface area contributed by atoms with Gasteiger partial charge in [0.2, 0.25) is 0 Å². The minimum absolute atomic E-state index is 0.116. The Morgan fingerprint density at radius 1 is 0.438 bits per heavy atom. The van der Waals surface area contributed by atoms with Gasteiger partial charge in [-0.3, -0.25) is 9.59 Å². The number of allylic oxidation sites excluding steroid dienone is 6. The number of unbranched alkanes of at least 4 members (excludes halogenated alkanes) is 26. The molecule has 0 aliphatic carbocycles. The highest BCUT2D eigenvalue weighted by atomic mass is 16.7. The molecule has 0 aromatic heterocycles. The Morgan fingerprint density at radius 2 is 0.849 bits per heavy atom. The number of rotatable bonds is 46. The molecule has 0 saturated carbocycles. The van der Waals surface area contributed by atoms with E-state index in [1.165, 1.54) is 122 Å². The van der Waals surface area contributed by atoms with Gasteiger partial charge in [-0.2, -0.15) is 0 Å². The molecule has 15 nitrogen and oxygen atoms in total. The van der Waals surface area contributed by atoms with Crippen LogP contribution in [0.25, 0.3) is 0 Å². The van der Waals surface area contributed by atoms with Crippen molar-refractivity contribution in [3.8, 4) is 0 Å². The van der Waals surface area contributed by atoms with Gasteiger partial charge in [0.05, 0.1) is 19.8 Å². The van der Waals surface area contributed by atoms with E-state index in [2.05, 4.69) is 50.3 Å². The van der Waals surface area contributed by atoms with Crippen LogP contribution in [0.2, 0.25) is 0 Å². The topological polar surface area (TPSA) is 231 Å². The second kappa shape index (κ2) is 44.8. The van der Waals surface area contributed by atoms with Crippen molar-refractivity contribution in [2.75, 3.05) is 26.4 Å². The van der Waals surface area contributed by atoms with Crippen LogP contribution < -0.4 is 0 Å². The highest BCUT2D eigenvalue weighted by Gasteiger charge is 2.47. The van der Waals surface area contributed by atoms with Crippen LogP contribution in [0.5, 0.6) is 0 Å². The van der Waals surface area contributed by atoms with Gasteiger partial charge in [0.1, 0.15) is 55.4 Å². The first-order valence-corrected chi connectivity index (χ1v) is 29.1. The molecule has 426 valence electrons. The first-order chi connectivity index (χ1) is 35.5. The SMILES string of the molecule is CCCC/C=C/C/C=C/CCCCCCCC(=O)OC[C@H](CO[C@H]1O[C@@H](CO[C@H]2O[C@@H](CO)[C@@H](O)C(O)C2O)[C@@H](O)C(O)C1O)OC(=O)CCC/C=C/CCCCCCCCCCCCCCCCCCCC. The van der Waals surface area contributed by atoms with Crippen molar-refractivity contribution in [3.05, 3.63) is 36.5 Å². The van der Waals surface area contributed by atoms with Gasteiger partial charge in [0, 0.05) is 12.8 Å². The summed E-state index contributed by atoms with van der Waals surface area (Å²) in [5.74, 6) is -0.972. The fraction of sp³-hybridized carbons (Fsp3) is 0.862.